The van der Waals surface area contributed by atoms with E-state index in [1.807, 2.05) is 0 Å². The SMILES string of the molecule is CCC1CCCC(Nc2c(Cl)cc(Cl)cc2Cl)CC1. The van der Waals surface area contributed by atoms with E-state index in [0.717, 1.165) is 11.6 Å². The van der Waals surface area contributed by atoms with Gasteiger partial charge in [-0.1, -0.05) is 61.0 Å². The molecule has 4 heteroatoms. The predicted octanol–water partition coefficient (Wildman–Crippen LogP) is 6.42. The summed E-state index contributed by atoms with van der Waals surface area (Å²) in [6.07, 6.45) is 7.57. The van der Waals surface area contributed by atoms with Crippen molar-refractivity contribution in [1.82, 2.24) is 0 Å². The number of hydrogen-bond acceptors (Lipinski definition) is 1. The normalized spacial score (nSPS) is 24.0. The highest BCUT2D eigenvalue weighted by molar-refractivity contribution is 6.41. The minimum atomic E-state index is 0.465. The average molecular weight is 321 g/mol. The molecule has 2 unspecified atom stereocenters. The minimum Gasteiger partial charge on any atom is -0.380 e. The van der Waals surface area contributed by atoms with Crippen LogP contribution < -0.4 is 5.32 Å². The molecule has 19 heavy (non-hydrogen) atoms. The molecular weight excluding hydrogens is 301 g/mol. The van der Waals surface area contributed by atoms with Gasteiger partial charge in [0.15, 0.2) is 0 Å². The van der Waals surface area contributed by atoms with Gasteiger partial charge in [0, 0.05) is 11.1 Å². The van der Waals surface area contributed by atoms with Crippen LogP contribution in [0.15, 0.2) is 12.1 Å². The van der Waals surface area contributed by atoms with Crippen molar-refractivity contribution in [1.29, 1.82) is 0 Å². The Bertz CT molecular complexity index is 410. The van der Waals surface area contributed by atoms with Gasteiger partial charge in [-0.25, -0.2) is 0 Å². The van der Waals surface area contributed by atoms with Gasteiger partial charge in [-0.05, 0) is 37.3 Å². The molecule has 1 saturated carbocycles. The van der Waals surface area contributed by atoms with E-state index in [0.29, 0.717) is 21.1 Å². The van der Waals surface area contributed by atoms with Crippen molar-refractivity contribution in [3.8, 4) is 0 Å². The number of hydrogen-bond donors (Lipinski definition) is 1. The fraction of sp³-hybridized carbons (Fsp3) is 0.600. The van der Waals surface area contributed by atoms with E-state index in [1.165, 1.54) is 38.5 Å². The highest BCUT2D eigenvalue weighted by atomic mass is 35.5. The summed E-state index contributed by atoms with van der Waals surface area (Å²) >= 11 is 18.4. The van der Waals surface area contributed by atoms with Crippen molar-refractivity contribution in [3.63, 3.8) is 0 Å². The van der Waals surface area contributed by atoms with E-state index in [1.54, 1.807) is 12.1 Å². The predicted molar refractivity (Wildman–Crippen MR) is 85.7 cm³/mol. The van der Waals surface area contributed by atoms with E-state index in [2.05, 4.69) is 12.2 Å². The summed E-state index contributed by atoms with van der Waals surface area (Å²) in [5, 5.41) is 5.29. The zero-order chi connectivity index (χ0) is 13.8. The molecule has 1 fully saturated rings. The molecule has 0 aliphatic heterocycles. The summed E-state index contributed by atoms with van der Waals surface area (Å²) in [6.45, 7) is 2.28. The Morgan fingerprint density at radius 1 is 1.05 bits per heavy atom. The fourth-order valence-corrected chi connectivity index (χ4v) is 3.74. The van der Waals surface area contributed by atoms with Crippen LogP contribution in [0.4, 0.5) is 5.69 Å². The number of rotatable bonds is 3. The van der Waals surface area contributed by atoms with Crippen LogP contribution in [-0.2, 0) is 0 Å². The molecule has 106 valence electrons. The highest BCUT2D eigenvalue weighted by Gasteiger charge is 2.19. The van der Waals surface area contributed by atoms with Crippen LogP contribution >= 0.6 is 34.8 Å². The molecule has 1 aromatic rings. The monoisotopic (exact) mass is 319 g/mol. The Morgan fingerprint density at radius 2 is 1.74 bits per heavy atom. The summed E-state index contributed by atoms with van der Waals surface area (Å²) in [4.78, 5) is 0. The average Bonchev–Trinajstić information content (AvgIpc) is 2.58. The first-order chi connectivity index (χ1) is 9.10. The standard InChI is InChI=1S/C15H20Cl3N/c1-2-10-4-3-5-12(7-6-10)19-15-13(17)8-11(16)9-14(15)18/h8-10,12,19H,2-7H2,1H3. The van der Waals surface area contributed by atoms with Crippen LogP contribution in [0, 0.1) is 5.92 Å². The highest BCUT2D eigenvalue weighted by Crippen LogP contribution is 2.36. The van der Waals surface area contributed by atoms with Crippen LogP contribution in [0.25, 0.3) is 0 Å². The second-order valence-electron chi connectivity index (χ2n) is 5.37. The van der Waals surface area contributed by atoms with Crippen LogP contribution in [0.5, 0.6) is 0 Å². The summed E-state index contributed by atoms with van der Waals surface area (Å²) in [7, 11) is 0. The molecule has 2 rings (SSSR count). The summed E-state index contributed by atoms with van der Waals surface area (Å²) in [5.74, 6) is 0.878. The lowest BCUT2D eigenvalue weighted by atomic mass is 9.98. The van der Waals surface area contributed by atoms with Gasteiger partial charge in [0.05, 0.1) is 15.7 Å². The van der Waals surface area contributed by atoms with Crippen molar-refractivity contribution in [2.24, 2.45) is 5.92 Å². The Balaban J connectivity index is 2.05. The molecular formula is C15H20Cl3N. The molecule has 1 aliphatic carbocycles. The zero-order valence-electron chi connectivity index (χ0n) is 11.2. The lowest BCUT2D eigenvalue weighted by Crippen LogP contribution is -2.19. The smallest absolute Gasteiger partial charge is 0.0722 e. The molecule has 0 heterocycles. The van der Waals surface area contributed by atoms with Crippen molar-refractivity contribution < 1.29 is 0 Å². The maximum Gasteiger partial charge on any atom is 0.0722 e. The third kappa shape index (κ3) is 4.18. The number of nitrogens with one attached hydrogen (secondary N) is 1. The Labute approximate surface area is 130 Å². The van der Waals surface area contributed by atoms with Crippen molar-refractivity contribution in [2.45, 2.75) is 51.5 Å². The maximum atomic E-state index is 6.22. The lowest BCUT2D eigenvalue weighted by Gasteiger charge is -2.20. The van der Waals surface area contributed by atoms with E-state index in [-0.39, 0.29) is 0 Å². The molecule has 1 aromatic carbocycles. The third-order valence-electron chi connectivity index (χ3n) is 4.02. The van der Waals surface area contributed by atoms with Crippen molar-refractivity contribution in [2.75, 3.05) is 5.32 Å². The molecule has 0 spiro atoms. The minimum absolute atomic E-state index is 0.465. The van der Waals surface area contributed by atoms with Gasteiger partial charge in [0.2, 0.25) is 0 Å². The van der Waals surface area contributed by atoms with E-state index in [4.69, 9.17) is 34.8 Å². The molecule has 0 radical (unpaired) electrons. The van der Waals surface area contributed by atoms with Gasteiger partial charge >= 0.3 is 0 Å². The van der Waals surface area contributed by atoms with Crippen molar-refractivity contribution in [3.05, 3.63) is 27.2 Å². The topological polar surface area (TPSA) is 12.0 Å². The zero-order valence-corrected chi connectivity index (χ0v) is 13.5. The quantitative estimate of drug-likeness (QED) is 0.634. The summed E-state index contributed by atoms with van der Waals surface area (Å²) in [6, 6.07) is 3.94. The molecule has 2 atom stereocenters. The van der Waals surface area contributed by atoms with Gasteiger partial charge in [0.25, 0.3) is 0 Å². The maximum absolute atomic E-state index is 6.22. The molecule has 0 aromatic heterocycles. The van der Waals surface area contributed by atoms with Crippen LogP contribution in [0.2, 0.25) is 15.1 Å². The summed E-state index contributed by atoms with van der Waals surface area (Å²) in [5.41, 5.74) is 0.827. The Kier molecular flexibility index (Phi) is 5.68. The Morgan fingerprint density at radius 3 is 2.37 bits per heavy atom. The first kappa shape index (κ1) is 15.3. The third-order valence-corrected chi connectivity index (χ3v) is 4.84. The second-order valence-corrected chi connectivity index (χ2v) is 6.62. The first-order valence-corrected chi connectivity index (χ1v) is 8.14. The molecule has 1 aliphatic rings. The largest absolute Gasteiger partial charge is 0.380 e. The first-order valence-electron chi connectivity index (χ1n) is 7.01. The van der Waals surface area contributed by atoms with Gasteiger partial charge in [-0.2, -0.15) is 0 Å². The van der Waals surface area contributed by atoms with Gasteiger partial charge in [-0.3, -0.25) is 0 Å². The van der Waals surface area contributed by atoms with Gasteiger partial charge in [0.1, 0.15) is 0 Å². The van der Waals surface area contributed by atoms with Crippen LogP contribution in [0.1, 0.15) is 45.4 Å². The second kappa shape index (κ2) is 7.06. The molecule has 1 N–H and O–H groups in total. The number of anilines is 1. The lowest BCUT2D eigenvalue weighted by molar-refractivity contribution is 0.444. The van der Waals surface area contributed by atoms with Crippen LogP contribution in [-0.4, -0.2) is 6.04 Å². The van der Waals surface area contributed by atoms with Crippen LogP contribution in [0.3, 0.4) is 0 Å². The van der Waals surface area contributed by atoms with E-state index < -0.39 is 0 Å². The molecule has 0 amide bonds. The van der Waals surface area contributed by atoms with Crippen molar-refractivity contribution >= 4 is 40.5 Å². The molecule has 1 nitrogen and oxygen atoms in total. The Hall–Kier alpha value is -0.110. The molecule has 0 saturated heterocycles. The number of benzene rings is 1. The van der Waals surface area contributed by atoms with E-state index >= 15 is 0 Å². The number of halogens is 3. The van der Waals surface area contributed by atoms with Gasteiger partial charge in [-0.15, -0.1) is 0 Å². The summed E-state index contributed by atoms with van der Waals surface area (Å²) < 4.78 is 0. The van der Waals surface area contributed by atoms with Gasteiger partial charge < -0.3 is 5.32 Å². The van der Waals surface area contributed by atoms with E-state index in [9.17, 15) is 0 Å². The fourth-order valence-electron chi connectivity index (χ4n) is 2.82. The molecule has 0 bridgehead atoms.